The number of aromatic nitrogens is 1. The first-order valence-corrected chi connectivity index (χ1v) is 6.90. The summed E-state index contributed by atoms with van der Waals surface area (Å²) >= 11 is 1.11. The van der Waals surface area contributed by atoms with Crippen molar-refractivity contribution in [3.8, 4) is 5.88 Å². The summed E-state index contributed by atoms with van der Waals surface area (Å²) in [5.41, 5.74) is 4.67. The number of halogens is 2. The summed E-state index contributed by atoms with van der Waals surface area (Å²) in [4.78, 5) is 24.2. The molecular weight excluding hydrogens is 314 g/mol. The van der Waals surface area contributed by atoms with Gasteiger partial charge in [0.15, 0.2) is 11.6 Å². The number of rotatable bonds is 2. The van der Waals surface area contributed by atoms with Crippen LogP contribution in [-0.4, -0.2) is 21.5 Å². The summed E-state index contributed by atoms with van der Waals surface area (Å²) in [6, 6.07) is 3.49. The molecule has 0 aliphatic carbocycles. The molecule has 3 rings (SSSR count). The van der Waals surface area contributed by atoms with E-state index in [0.717, 1.165) is 17.4 Å². The Morgan fingerprint density at radius 2 is 1.91 bits per heavy atom. The van der Waals surface area contributed by atoms with E-state index in [1.807, 2.05) is 0 Å². The van der Waals surface area contributed by atoms with Crippen LogP contribution in [0.25, 0.3) is 10.9 Å². The van der Waals surface area contributed by atoms with Gasteiger partial charge < -0.3 is 10.8 Å². The maximum atomic E-state index is 13.5. The Morgan fingerprint density at radius 1 is 1.23 bits per heavy atom. The van der Waals surface area contributed by atoms with Crippen LogP contribution in [0.1, 0.15) is 15.2 Å². The fourth-order valence-corrected chi connectivity index (χ4v) is 2.92. The van der Waals surface area contributed by atoms with Gasteiger partial charge in [0.1, 0.15) is 0 Å². The van der Waals surface area contributed by atoms with Crippen LogP contribution in [0.3, 0.4) is 0 Å². The zero-order chi connectivity index (χ0) is 16.0. The number of thiophene rings is 1. The van der Waals surface area contributed by atoms with Crippen LogP contribution < -0.4 is 5.73 Å². The van der Waals surface area contributed by atoms with Crippen molar-refractivity contribution in [1.82, 2.24) is 4.57 Å². The van der Waals surface area contributed by atoms with E-state index in [1.54, 1.807) is 11.4 Å². The topological polar surface area (TPSA) is 85.3 Å². The van der Waals surface area contributed by atoms with E-state index in [1.165, 1.54) is 6.07 Å². The highest BCUT2D eigenvalue weighted by Crippen LogP contribution is 2.34. The molecule has 0 fully saturated rings. The van der Waals surface area contributed by atoms with Gasteiger partial charge in [0.05, 0.1) is 16.0 Å². The minimum absolute atomic E-state index is 0.0893. The van der Waals surface area contributed by atoms with Crippen LogP contribution in [0.15, 0.2) is 29.6 Å². The van der Waals surface area contributed by atoms with Gasteiger partial charge in [-0.2, -0.15) is 0 Å². The molecule has 0 aliphatic heterocycles. The van der Waals surface area contributed by atoms with Crippen molar-refractivity contribution in [2.24, 2.45) is 5.73 Å². The van der Waals surface area contributed by atoms with Gasteiger partial charge in [-0.3, -0.25) is 4.79 Å². The van der Waals surface area contributed by atoms with Gasteiger partial charge in [-0.25, -0.2) is 18.1 Å². The third-order valence-electron chi connectivity index (χ3n) is 3.18. The van der Waals surface area contributed by atoms with Crippen LogP contribution in [0.5, 0.6) is 5.88 Å². The van der Waals surface area contributed by atoms with Crippen LogP contribution >= 0.6 is 11.3 Å². The minimum Gasteiger partial charge on any atom is -0.494 e. The predicted molar refractivity (Wildman–Crippen MR) is 76.3 cm³/mol. The molecule has 0 spiro atoms. The van der Waals surface area contributed by atoms with Gasteiger partial charge in [0, 0.05) is 11.5 Å². The molecule has 2 aromatic heterocycles. The summed E-state index contributed by atoms with van der Waals surface area (Å²) in [5, 5.41) is 11.7. The average Bonchev–Trinajstić information content (AvgIpc) is 3.05. The van der Waals surface area contributed by atoms with Gasteiger partial charge >= 0.3 is 6.03 Å². The lowest BCUT2D eigenvalue weighted by Crippen LogP contribution is -2.19. The van der Waals surface area contributed by atoms with E-state index in [9.17, 15) is 23.5 Å². The number of carbonyl (C=O) groups is 2. The molecule has 0 unspecified atom stereocenters. The standard InChI is InChI=1S/C14H8F2N2O3S/c15-7-4-6-9(5-8(7)16)18(14(17)21)13(20)11(6)12(19)10-2-1-3-22-10/h1-5,20H,(H2,17,21). The molecule has 22 heavy (non-hydrogen) atoms. The third kappa shape index (κ3) is 1.96. The molecule has 3 N–H and O–H groups in total. The predicted octanol–water partition coefficient (Wildman–Crippen LogP) is 2.84. The lowest BCUT2D eigenvalue weighted by Gasteiger charge is -2.00. The number of primary amides is 1. The molecule has 1 aromatic carbocycles. The highest BCUT2D eigenvalue weighted by atomic mass is 32.1. The molecule has 2 heterocycles. The van der Waals surface area contributed by atoms with Gasteiger partial charge in [-0.05, 0) is 17.5 Å². The number of nitrogens with two attached hydrogens (primary N) is 1. The van der Waals surface area contributed by atoms with Gasteiger partial charge in [-0.15, -0.1) is 11.3 Å². The Bertz CT molecular complexity index is 916. The first-order valence-electron chi connectivity index (χ1n) is 6.02. The zero-order valence-corrected chi connectivity index (χ0v) is 11.7. The molecule has 0 saturated carbocycles. The van der Waals surface area contributed by atoms with Crippen molar-refractivity contribution in [2.45, 2.75) is 0 Å². The number of aromatic hydroxyl groups is 1. The first-order chi connectivity index (χ1) is 10.4. The first kappa shape index (κ1) is 14.2. The number of ketones is 1. The monoisotopic (exact) mass is 322 g/mol. The molecule has 3 aromatic rings. The zero-order valence-electron chi connectivity index (χ0n) is 10.8. The number of hydrogen-bond acceptors (Lipinski definition) is 4. The van der Waals surface area contributed by atoms with Crippen molar-refractivity contribution in [2.75, 3.05) is 0 Å². The Labute approximate surface area is 126 Å². The fourth-order valence-electron chi connectivity index (χ4n) is 2.25. The van der Waals surface area contributed by atoms with E-state index in [0.29, 0.717) is 10.6 Å². The van der Waals surface area contributed by atoms with E-state index in [-0.39, 0.29) is 21.3 Å². The fraction of sp³-hybridized carbons (Fsp3) is 0. The lowest BCUT2D eigenvalue weighted by atomic mass is 10.1. The van der Waals surface area contributed by atoms with Crippen molar-refractivity contribution < 1.29 is 23.5 Å². The summed E-state index contributed by atoms with van der Waals surface area (Å²) < 4.78 is 27.5. The van der Waals surface area contributed by atoms with Crippen molar-refractivity contribution >= 4 is 34.1 Å². The van der Waals surface area contributed by atoms with Crippen LogP contribution in [0.4, 0.5) is 13.6 Å². The SMILES string of the molecule is NC(=O)n1c(O)c(C(=O)c2cccs2)c2cc(F)c(F)cc21. The summed E-state index contributed by atoms with van der Waals surface area (Å²) in [6.07, 6.45) is 0. The molecule has 0 saturated heterocycles. The third-order valence-corrected chi connectivity index (χ3v) is 4.05. The number of nitrogens with zero attached hydrogens (tertiary/aromatic N) is 1. The van der Waals surface area contributed by atoms with Crippen LogP contribution in [0, 0.1) is 11.6 Å². The Balaban J connectivity index is 2.39. The van der Waals surface area contributed by atoms with Crippen molar-refractivity contribution in [3.05, 3.63) is 51.7 Å². The molecule has 0 bridgehead atoms. The molecule has 1 amide bonds. The number of benzene rings is 1. The summed E-state index contributed by atoms with van der Waals surface area (Å²) in [7, 11) is 0. The smallest absolute Gasteiger partial charge is 0.326 e. The summed E-state index contributed by atoms with van der Waals surface area (Å²) in [6.45, 7) is 0. The van der Waals surface area contributed by atoms with E-state index >= 15 is 0 Å². The number of fused-ring (bicyclic) bond motifs is 1. The molecule has 0 radical (unpaired) electrons. The molecule has 112 valence electrons. The van der Waals surface area contributed by atoms with E-state index < -0.39 is 29.3 Å². The number of carbonyl (C=O) groups excluding carboxylic acids is 2. The Hall–Kier alpha value is -2.74. The lowest BCUT2D eigenvalue weighted by molar-refractivity contribution is 0.104. The normalized spacial score (nSPS) is 11.0. The maximum absolute atomic E-state index is 13.5. The second-order valence-corrected chi connectivity index (χ2v) is 5.41. The minimum atomic E-state index is -1.22. The van der Waals surface area contributed by atoms with Gasteiger partial charge in [0.25, 0.3) is 0 Å². The second kappa shape index (κ2) is 4.92. The van der Waals surface area contributed by atoms with Gasteiger partial charge in [-0.1, -0.05) is 6.07 Å². The molecular formula is C14H8F2N2O3S. The Morgan fingerprint density at radius 3 is 2.50 bits per heavy atom. The molecule has 5 nitrogen and oxygen atoms in total. The Kier molecular flexibility index (Phi) is 3.18. The van der Waals surface area contributed by atoms with Crippen LogP contribution in [-0.2, 0) is 0 Å². The molecule has 0 atom stereocenters. The van der Waals surface area contributed by atoms with Crippen molar-refractivity contribution in [1.29, 1.82) is 0 Å². The van der Waals surface area contributed by atoms with E-state index in [2.05, 4.69) is 0 Å². The summed E-state index contributed by atoms with van der Waals surface area (Å²) in [5.74, 6) is -3.77. The number of amides is 1. The van der Waals surface area contributed by atoms with Gasteiger partial charge in [0.2, 0.25) is 11.7 Å². The second-order valence-electron chi connectivity index (χ2n) is 4.46. The average molecular weight is 322 g/mol. The molecule has 8 heteroatoms. The highest BCUT2D eigenvalue weighted by molar-refractivity contribution is 7.12. The highest BCUT2D eigenvalue weighted by Gasteiger charge is 2.27. The maximum Gasteiger partial charge on any atom is 0.326 e. The van der Waals surface area contributed by atoms with Crippen LogP contribution in [0.2, 0.25) is 0 Å². The van der Waals surface area contributed by atoms with E-state index in [4.69, 9.17) is 5.73 Å². The quantitative estimate of drug-likeness (QED) is 0.711. The van der Waals surface area contributed by atoms with Crippen molar-refractivity contribution in [3.63, 3.8) is 0 Å². The largest absolute Gasteiger partial charge is 0.494 e. The molecule has 0 aliphatic rings. The number of hydrogen-bond donors (Lipinski definition) is 2.